The quantitative estimate of drug-likeness (QED) is 0.662. The van der Waals surface area contributed by atoms with Gasteiger partial charge >= 0.3 is 0 Å². The maximum absolute atomic E-state index is 12.1. The third kappa shape index (κ3) is 4.29. The van der Waals surface area contributed by atoms with Gasteiger partial charge < -0.3 is 0 Å². The lowest BCUT2D eigenvalue weighted by molar-refractivity contribution is 0.591. The second-order valence-corrected chi connectivity index (χ2v) is 8.61. The summed E-state index contributed by atoms with van der Waals surface area (Å²) in [6.07, 6.45) is 1.58. The Bertz CT molecular complexity index is 928. The Balaban J connectivity index is 1.70. The average molecular weight is 408 g/mol. The zero-order valence-electron chi connectivity index (χ0n) is 12.1. The smallest absolute Gasteiger partial charge is 0.208 e. The van der Waals surface area contributed by atoms with Crippen LogP contribution in [0, 0.1) is 0 Å². The number of thiophene rings is 1. The molecule has 0 aliphatic rings. The summed E-state index contributed by atoms with van der Waals surface area (Å²) in [4.78, 5) is 0.990. The second-order valence-electron chi connectivity index (χ2n) is 4.94. The van der Waals surface area contributed by atoms with Crippen LogP contribution in [0.25, 0.3) is 16.2 Å². The van der Waals surface area contributed by atoms with E-state index in [9.17, 15) is 8.42 Å². The number of rotatable bonds is 5. The van der Waals surface area contributed by atoms with Crippen LogP contribution in [0.5, 0.6) is 0 Å². The summed E-state index contributed by atoms with van der Waals surface area (Å²) >= 11 is 4.99. The average Bonchev–Trinajstić information content (AvgIpc) is 2.95. The van der Waals surface area contributed by atoms with Crippen LogP contribution in [-0.2, 0) is 16.6 Å². The van der Waals surface area contributed by atoms with Crippen molar-refractivity contribution in [3.8, 4) is 0 Å². The number of fused-ring (bicyclic) bond motifs is 1. The Morgan fingerprint density at radius 2 is 1.83 bits per heavy atom. The topological polar surface area (TPSA) is 46.2 Å². The molecule has 0 unspecified atom stereocenters. The largest absolute Gasteiger partial charge is 0.234 e. The van der Waals surface area contributed by atoms with Crippen molar-refractivity contribution in [3.05, 3.63) is 74.9 Å². The molecule has 0 spiro atoms. The number of hydrogen-bond acceptors (Lipinski definition) is 3. The standard InChI is InChI=1S/C17H14BrNO2S2/c18-16-7-3-1-5-13(16)9-10-23(20,21)19-12-15-11-14-6-2-4-8-17(14)22-15/h1-11,19H,12H2/b10-9+. The molecule has 3 rings (SSSR count). The first-order valence-electron chi connectivity index (χ1n) is 6.93. The summed E-state index contributed by atoms with van der Waals surface area (Å²) < 4.78 is 28.8. The van der Waals surface area contributed by atoms with Crippen LogP contribution < -0.4 is 4.72 Å². The monoisotopic (exact) mass is 407 g/mol. The lowest BCUT2D eigenvalue weighted by Gasteiger charge is -2.01. The third-order valence-electron chi connectivity index (χ3n) is 3.26. The first kappa shape index (κ1) is 16.4. The molecule has 0 saturated carbocycles. The molecule has 0 fully saturated rings. The van der Waals surface area contributed by atoms with E-state index in [1.807, 2.05) is 54.6 Å². The Morgan fingerprint density at radius 1 is 1.09 bits per heavy atom. The van der Waals surface area contributed by atoms with Gasteiger partial charge in [0.25, 0.3) is 0 Å². The molecule has 0 aliphatic heterocycles. The van der Waals surface area contributed by atoms with Crippen molar-refractivity contribution in [1.29, 1.82) is 0 Å². The predicted octanol–water partition coefficient (Wildman–Crippen LogP) is 4.75. The Kier molecular flexibility index (Phi) is 4.96. The second kappa shape index (κ2) is 6.97. The van der Waals surface area contributed by atoms with Crippen molar-refractivity contribution < 1.29 is 8.42 Å². The van der Waals surface area contributed by atoms with Gasteiger partial charge in [0, 0.05) is 26.0 Å². The third-order valence-corrected chi connectivity index (χ3v) is 6.14. The molecule has 0 aliphatic carbocycles. The van der Waals surface area contributed by atoms with Gasteiger partial charge in [-0.2, -0.15) is 0 Å². The lowest BCUT2D eigenvalue weighted by Crippen LogP contribution is -2.19. The van der Waals surface area contributed by atoms with Crippen LogP contribution in [-0.4, -0.2) is 8.42 Å². The highest BCUT2D eigenvalue weighted by molar-refractivity contribution is 9.10. The summed E-state index contributed by atoms with van der Waals surface area (Å²) in [5, 5.41) is 2.33. The van der Waals surface area contributed by atoms with E-state index < -0.39 is 10.0 Å². The van der Waals surface area contributed by atoms with Crippen molar-refractivity contribution in [3.63, 3.8) is 0 Å². The Labute approximate surface area is 147 Å². The van der Waals surface area contributed by atoms with Gasteiger partial charge in [0.15, 0.2) is 0 Å². The van der Waals surface area contributed by atoms with E-state index in [-0.39, 0.29) is 0 Å². The molecule has 3 nitrogen and oxygen atoms in total. The van der Waals surface area contributed by atoms with Gasteiger partial charge in [0.2, 0.25) is 10.0 Å². The molecule has 1 aromatic heterocycles. The minimum Gasteiger partial charge on any atom is -0.208 e. The van der Waals surface area contributed by atoms with Crippen LogP contribution >= 0.6 is 27.3 Å². The van der Waals surface area contributed by atoms with E-state index in [0.717, 1.165) is 25.0 Å². The highest BCUT2D eigenvalue weighted by atomic mass is 79.9. The number of benzene rings is 2. The predicted molar refractivity (Wildman–Crippen MR) is 101 cm³/mol. The molecule has 3 aromatic rings. The summed E-state index contributed by atoms with van der Waals surface area (Å²) in [6, 6.07) is 17.5. The van der Waals surface area contributed by atoms with Crippen molar-refractivity contribution in [2.24, 2.45) is 0 Å². The first-order chi connectivity index (χ1) is 11.0. The molecule has 0 saturated heterocycles. The minimum atomic E-state index is -3.48. The zero-order chi connectivity index (χ0) is 16.3. The van der Waals surface area contributed by atoms with E-state index in [2.05, 4.69) is 20.7 Å². The summed E-state index contributed by atoms with van der Waals surface area (Å²) in [5.41, 5.74) is 0.819. The maximum Gasteiger partial charge on any atom is 0.234 e. The van der Waals surface area contributed by atoms with Crippen molar-refractivity contribution >= 4 is 53.5 Å². The van der Waals surface area contributed by atoms with Gasteiger partial charge in [-0.3, -0.25) is 0 Å². The van der Waals surface area contributed by atoms with Gasteiger partial charge in [-0.15, -0.1) is 11.3 Å². The number of nitrogens with one attached hydrogen (secondary N) is 1. The SMILES string of the molecule is O=S(=O)(/C=C/c1ccccc1Br)NCc1cc2ccccc2s1. The van der Waals surface area contributed by atoms with Gasteiger partial charge in [0.05, 0.1) is 0 Å². The normalized spacial score (nSPS) is 12.2. The van der Waals surface area contributed by atoms with E-state index >= 15 is 0 Å². The Morgan fingerprint density at radius 3 is 2.61 bits per heavy atom. The number of hydrogen-bond donors (Lipinski definition) is 1. The number of halogens is 1. The fourth-order valence-electron chi connectivity index (χ4n) is 2.12. The van der Waals surface area contributed by atoms with Crippen LogP contribution in [0.2, 0.25) is 0 Å². The van der Waals surface area contributed by atoms with Gasteiger partial charge in [0.1, 0.15) is 0 Å². The van der Waals surface area contributed by atoms with E-state index in [0.29, 0.717) is 6.54 Å². The van der Waals surface area contributed by atoms with E-state index in [1.165, 1.54) is 5.41 Å². The fourth-order valence-corrected chi connectivity index (χ4v) is 4.41. The van der Waals surface area contributed by atoms with Crippen LogP contribution in [0.3, 0.4) is 0 Å². The maximum atomic E-state index is 12.1. The van der Waals surface area contributed by atoms with Crippen molar-refractivity contribution in [2.45, 2.75) is 6.54 Å². The Hall–Kier alpha value is -1.47. The molecule has 23 heavy (non-hydrogen) atoms. The van der Waals surface area contributed by atoms with Gasteiger partial charge in [-0.1, -0.05) is 52.3 Å². The molecule has 6 heteroatoms. The number of sulfonamides is 1. The van der Waals surface area contributed by atoms with Crippen molar-refractivity contribution in [1.82, 2.24) is 4.72 Å². The molecular weight excluding hydrogens is 394 g/mol. The highest BCUT2D eigenvalue weighted by Gasteiger charge is 2.07. The summed E-state index contributed by atoms with van der Waals surface area (Å²) in [6.45, 7) is 0.294. The summed E-state index contributed by atoms with van der Waals surface area (Å²) in [7, 11) is -3.48. The lowest BCUT2D eigenvalue weighted by atomic mass is 10.2. The molecule has 0 bridgehead atoms. The van der Waals surface area contributed by atoms with E-state index in [4.69, 9.17) is 0 Å². The first-order valence-corrected chi connectivity index (χ1v) is 10.1. The molecule has 1 heterocycles. The zero-order valence-corrected chi connectivity index (χ0v) is 15.3. The van der Waals surface area contributed by atoms with Crippen LogP contribution in [0.15, 0.2) is 64.5 Å². The molecule has 0 atom stereocenters. The summed E-state index contributed by atoms with van der Waals surface area (Å²) in [5.74, 6) is 0. The molecule has 2 aromatic carbocycles. The van der Waals surface area contributed by atoms with Crippen LogP contribution in [0.1, 0.15) is 10.4 Å². The fraction of sp³-hybridized carbons (Fsp3) is 0.0588. The molecule has 0 radical (unpaired) electrons. The van der Waals surface area contributed by atoms with Crippen molar-refractivity contribution in [2.75, 3.05) is 0 Å². The van der Waals surface area contributed by atoms with Gasteiger partial charge in [-0.25, -0.2) is 13.1 Å². The molecule has 118 valence electrons. The molecule has 0 amide bonds. The van der Waals surface area contributed by atoms with E-state index in [1.54, 1.807) is 17.4 Å². The highest BCUT2D eigenvalue weighted by Crippen LogP contribution is 2.25. The molecule has 1 N–H and O–H groups in total. The molecular formula is C17H14BrNO2S2. The minimum absolute atomic E-state index is 0.294. The van der Waals surface area contributed by atoms with Crippen LogP contribution in [0.4, 0.5) is 0 Å². The van der Waals surface area contributed by atoms with Gasteiger partial charge in [-0.05, 0) is 35.2 Å².